The van der Waals surface area contributed by atoms with Crippen LogP contribution in [0.15, 0.2) is 23.2 Å². The smallest absolute Gasteiger partial charge is 0.355 e. The number of hydrogen-bond acceptors (Lipinski definition) is 6. The third-order valence-corrected chi connectivity index (χ3v) is 2.51. The first-order valence-corrected chi connectivity index (χ1v) is 5.86. The highest BCUT2D eigenvalue weighted by molar-refractivity contribution is 9.10. The van der Waals surface area contributed by atoms with Gasteiger partial charge in [-0.1, -0.05) is 0 Å². The highest BCUT2D eigenvalue weighted by Crippen LogP contribution is 2.27. The zero-order valence-corrected chi connectivity index (χ0v) is 11.0. The number of nitrogens with one attached hydrogen (secondary N) is 1. The summed E-state index contributed by atoms with van der Waals surface area (Å²) in [6, 6.07) is 0. The lowest BCUT2D eigenvalue weighted by atomic mass is 10.4. The highest BCUT2D eigenvalue weighted by Gasteiger charge is 2.24. The van der Waals surface area contributed by atoms with Crippen LogP contribution in [0.1, 0.15) is 6.92 Å². The Kier molecular flexibility index (Phi) is 3.51. The lowest BCUT2D eigenvalue weighted by Gasteiger charge is -2.06. The molecule has 0 radical (unpaired) electrons. The van der Waals surface area contributed by atoms with Crippen LogP contribution in [0.25, 0.3) is 5.82 Å². The molecule has 0 aliphatic rings. The van der Waals surface area contributed by atoms with Crippen molar-refractivity contribution < 1.29 is 4.92 Å². The van der Waals surface area contributed by atoms with Gasteiger partial charge in [-0.05, 0) is 22.9 Å². The molecule has 1 N–H and O–H groups in total. The van der Waals surface area contributed by atoms with E-state index in [0.29, 0.717) is 11.0 Å². The Morgan fingerprint density at radius 2 is 2.33 bits per heavy atom. The Balaban J connectivity index is 2.59. The van der Waals surface area contributed by atoms with Crippen molar-refractivity contribution in [3.8, 4) is 5.82 Å². The zero-order chi connectivity index (χ0) is 13.1. The fourth-order valence-corrected chi connectivity index (χ4v) is 1.70. The SMILES string of the molecule is CCNc1ncnc(-n2cc(Br)cn2)c1[N+](=O)[O-]. The van der Waals surface area contributed by atoms with Crippen LogP contribution >= 0.6 is 15.9 Å². The number of aromatic nitrogens is 4. The molecule has 2 aromatic heterocycles. The highest BCUT2D eigenvalue weighted by atomic mass is 79.9. The van der Waals surface area contributed by atoms with Gasteiger partial charge in [0, 0.05) is 12.7 Å². The Morgan fingerprint density at radius 1 is 1.56 bits per heavy atom. The van der Waals surface area contributed by atoms with E-state index < -0.39 is 4.92 Å². The van der Waals surface area contributed by atoms with E-state index in [1.807, 2.05) is 6.92 Å². The number of hydrogen-bond donors (Lipinski definition) is 1. The maximum Gasteiger partial charge on any atom is 0.355 e. The van der Waals surface area contributed by atoms with E-state index in [1.54, 1.807) is 6.20 Å². The Bertz CT molecular complexity index is 584. The molecule has 0 saturated carbocycles. The maximum absolute atomic E-state index is 11.1. The predicted molar refractivity (Wildman–Crippen MR) is 67.7 cm³/mol. The van der Waals surface area contributed by atoms with E-state index in [-0.39, 0.29) is 17.3 Å². The minimum absolute atomic E-state index is 0.122. The first kappa shape index (κ1) is 12.4. The van der Waals surface area contributed by atoms with E-state index in [9.17, 15) is 10.1 Å². The van der Waals surface area contributed by atoms with E-state index in [2.05, 4.69) is 36.3 Å². The van der Waals surface area contributed by atoms with Gasteiger partial charge >= 0.3 is 5.69 Å². The normalized spacial score (nSPS) is 10.3. The summed E-state index contributed by atoms with van der Waals surface area (Å²) in [5.74, 6) is 0.302. The minimum atomic E-state index is -0.525. The van der Waals surface area contributed by atoms with Crippen LogP contribution in [0.2, 0.25) is 0 Å². The maximum atomic E-state index is 11.1. The summed E-state index contributed by atoms with van der Waals surface area (Å²) in [5, 5.41) is 17.9. The van der Waals surface area contributed by atoms with E-state index in [1.165, 1.54) is 17.2 Å². The van der Waals surface area contributed by atoms with Crippen molar-refractivity contribution in [2.45, 2.75) is 6.92 Å². The van der Waals surface area contributed by atoms with Gasteiger partial charge in [0.2, 0.25) is 11.6 Å². The number of nitro groups is 1. The summed E-state index contributed by atoms with van der Waals surface area (Å²) in [4.78, 5) is 18.4. The van der Waals surface area contributed by atoms with Crippen LogP contribution in [0.3, 0.4) is 0 Å². The summed E-state index contributed by atoms with van der Waals surface area (Å²) in [6.45, 7) is 2.36. The fourth-order valence-electron chi connectivity index (χ4n) is 1.42. The quantitative estimate of drug-likeness (QED) is 0.682. The number of anilines is 1. The number of nitrogens with zero attached hydrogens (tertiary/aromatic N) is 5. The third kappa shape index (κ3) is 2.30. The predicted octanol–water partition coefficient (Wildman–Crippen LogP) is 1.76. The topological polar surface area (TPSA) is 98.8 Å². The average molecular weight is 313 g/mol. The van der Waals surface area contributed by atoms with Crippen LogP contribution in [-0.4, -0.2) is 31.2 Å². The Hall–Kier alpha value is -2.03. The second-order valence-corrected chi connectivity index (χ2v) is 4.20. The van der Waals surface area contributed by atoms with E-state index >= 15 is 0 Å². The lowest BCUT2D eigenvalue weighted by Crippen LogP contribution is -2.09. The van der Waals surface area contributed by atoms with Gasteiger partial charge in [0.05, 0.1) is 15.6 Å². The first-order valence-electron chi connectivity index (χ1n) is 5.07. The summed E-state index contributed by atoms with van der Waals surface area (Å²) >= 11 is 3.23. The molecule has 0 amide bonds. The Morgan fingerprint density at radius 3 is 2.89 bits per heavy atom. The molecular formula is C9H9BrN6O2. The molecular weight excluding hydrogens is 304 g/mol. The van der Waals surface area contributed by atoms with Crippen LogP contribution in [0, 0.1) is 10.1 Å². The lowest BCUT2D eigenvalue weighted by molar-refractivity contribution is -0.384. The molecule has 2 rings (SSSR count). The molecule has 0 aliphatic carbocycles. The van der Waals surface area contributed by atoms with Crippen LogP contribution < -0.4 is 5.32 Å². The minimum Gasteiger partial charge on any atom is -0.364 e. The second-order valence-electron chi connectivity index (χ2n) is 3.29. The summed E-state index contributed by atoms with van der Waals surface area (Å²) in [5.41, 5.74) is -0.199. The summed E-state index contributed by atoms with van der Waals surface area (Å²) < 4.78 is 2.03. The van der Waals surface area contributed by atoms with Crippen LogP contribution in [0.4, 0.5) is 11.5 Å². The fraction of sp³-hybridized carbons (Fsp3) is 0.222. The molecule has 0 aromatic carbocycles. The van der Waals surface area contributed by atoms with E-state index in [4.69, 9.17) is 0 Å². The summed E-state index contributed by atoms with van der Waals surface area (Å²) in [6.07, 6.45) is 4.37. The van der Waals surface area contributed by atoms with E-state index in [0.717, 1.165) is 0 Å². The summed E-state index contributed by atoms with van der Waals surface area (Å²) in [7, 11) is 0. The van der Waals surface area contributed by atoms with Crippen molar-refractivity contribution in [1.29, 1.82) is 0 Å². The molecule has 2 heterocycles. The first-order chi connectivity index (χ1) is 8.63. The molecule has 0 unspecified atom stereocenters. The molecule has 94 valence electrons. The molecule has 0 fully saturated rings. The third-order valence-electron chi connectivity index (χ3n) is 2.10. The molecule has 2 aromatic rings. The van der Waals surface area contributed by atoms with Gasteiger partial charge in [-0.15, -0.1) is 0 Å². The molecule has 0 atom stereocenters. The van der Waals surface area contributed by atoms with Crippen molar-refractivity contribution in [3.05, 3.63) is 33.3 Å². The second kappa shape index (κ2) is 5.08. The molecule has 0 saturated heterocycles. The monoisotopic (exact) mass is 312 g/mol. The van der Waals surface area contributed by atoms with Crippen molar-refractivity contribution in [3.63, 3.8) is 0 Å². The van der Waals surface area contributed by atoms with Crippen LogP contribution in [0.5, 0.6) is 0 Å². The zero-order valence-electron chi connectivity index (χ0n) is 9.37. The van der Waals surface area contributed by atoms with Gasteiger partial charge in [0.25, 0.3) is 0 Å². The molecule has 0 spiro atoms. The molecule has 0 aliphatic heterocycles. The van der Waals surface area contributed by atoms with Gasteiger partial charge in [0.15, 0.2) is 0 Å². The van der Waals surface area contributed by atoms with Crippen molar-refractivity contribution in [2.75, 3.05) is 11.9 Å². The number of rotatable bonds is 4. The Labute approximate surface area is 110 Å². The molecule has 0 bridgehead atoms. The van der Waals surface area contributed by atoms with Gasteiger partial charge < -0.3 is 5.32 Å². The van der Waals surface area contributed by atoms with Gasteiger partial charge in [-0.25, -0.2) is 14.6 Å². The average Bonchev–Trinajstić information content (AvgIpc) is 2.75. The van der Waals surface area contributed by atoms with Gasteiger partial charge in [-0.2, -0.15) is 5.10 Å². The van der Waals surface area contributed by atoms with Crippen molar-refractivity contribution in [1.82, 2.24) is 19.7 Å². The van der Waals surface area contributed by atoms with Crippen LogP contribution in [-0.2, 0) is 0 Å². The standard InChI is InChI=1S/C9H9BrN6O2/c1-2-11-8-7(16(17)18)9(13-5-12-8)15-4-6(10)3-14-15/h3-5H,2H2,1H3,(H,11,12,13). The molecule has 8 nitrogen and oxygen atoms in total. The van der Waals surface area contributed by atoms with Gasteiger partial charge in [0.1, 0.15) is 6.33 Å². The largest absolute Gasteiger partial charge is 0.364 e. The molecule has 9 heteroatoms. The molecule has 18 heavy (non-hydrogen) atoms. The van der Waals surface area contributed by atoms with Crippen molar-refractivity contribution in [2.24, 2.45) is 0 Å². The van der Waals surface area contributed by atoms with Crippen molar-refractivity contribution >= 4 is 27.4 Å². The number of halogens is 1. The van der Waals surface area contributed by atoms with Gasteiger partial charge in [-0.3, -0.25) is 10.1 Å².